The SMILES string of the molecule is O=c1oc2ccccc2c2cc(-c3cccc4ccccc34)ccc12. The zero-order valence-corrected chi connectivity index (χ0v) is 13.4. The summed E-state index contributed by atoms with van der Waals surface area (Å²) >= 11 is 0. The predicted molar refractivity (Wildman–Crippen MR) is 103 cm³/mol. The summed E-state index contributed by atoms with van der Waals surface area (Å²) in [5.41, 5.74) is 2.59. The van der Waals surface area contributed by atoms with E-state index < -0.39 is 0 Å². The van der Waals surface area contributed by atoms with Crippen LogP contribution < -0.4 is 5.63 Å². The molecule has 0 N–H and O–H groups in total. The fourth-order valence-corrected chi connectivity index (χ4v) is 3.52. The van der Waals surface area contributed by atoms with E-state index in [1.165, 1.54) is 10.8 Å². The number of benzene rings is 4. The van der Waals surface area contributed by atoms with Gasteiger partial charge in [0.15, 0.2) is 0 Å². The largest absolute Gasteiger partial charge is 0.422 e. The van der Waals surface area contributed by atoms with Crippen molar-refractivity contribution in [2.75, 3.05) is 0 Å². The van der Waals surface area contributed by atoms with Crippen molar-refractivity contribution in [1.82, 2.24) is 0 Å². The van der Waals surface area contributed by atoms with Gasteiger partial charge in [-0.2, -0.15) is 0 Å². The minimum absolute atomic E-state index is 0.293. The van der Waals surface area contributed by atoms with Crippen molar-refractivity contribution in [2.24, 2.45) is 0 Å². The van der Waals surface area contributed by atoms with Crippen LogP contribution in [0.15, 0.2) is 94.1 Å². The van der Waals surface area contributed by atoms with Gasteiger partial charge in [-0.25, -0.2) is 4.79 Å². The third-order valence-electron chi connectivity index (χ3n) is 4.72. The van der Waals surface area contributed by atoms with Crippen molar-refractivity contribution >= 4 is 32.5 Å². The lowest BCUT2D eigenvalue weighted by Gasteiger charge is -2.09. The summed E-state index contributed by atoms with van der Waals surface area (Å²) in [4.78, 5) is 12.3. The highest BCUT2D eigenvalue weighted by molar-refractivity contribution is 6.07. The summed E-state index contributed by atoms with van der Waals surface area (Å²) in [6.45, 7) is 0. The summed E-state index contributed by atoms with van der Waals surface area (Å²) in [6, 6.07) is 28.3. The number of hydrogen-bond donors (Lipinski definition) is 0. The van der Waals surface area contributed by atoms with E-state index in [1.807, 2.05) is 42.5 Å². The zero-order valence-electron chi connectivity index (χ0n) is 13.4. The highest BCUT2D eigenvalue weighted by Gasteiger charge is 2.10. The number of para-hydroxylation sites is 1. The summed E-state index contributed by atoms with van der Waals surface area (Å²) in [7, 11) is 0. The lowest BCUT2D eigenvalue weighted by molar-refractivity contribution is 0.569. The number of fused-ring (bicyclic) bond motifs is 4. The molecular formula is C23H14O2. The van der Waals surface area contributed by atoms with Crippen LogP contribution in [-0.4, -0.2) is 0 Å². The summed E-state index contributed by atoms with van der Waals surface area (Å²) < 4.78 is 5.44. The van der Waals surface area contributed by atoms with E-state index in [0.29, 0.717) is 11.0 Å². The van der Waals surface area contributed by atoms with Gasteiger partial charge in [0.1, 0.15) is 5.58 Å². The standard InChI is InChI=1S/C23H14O2/c24-23-20-13-12-16(14-21(20)19-9-3-4-11-22(19)25-23)18-10-5-7-15-6-1-2-8-17(15)18/h1-14H. The Kier molecular flexibility index (Phi) is 2.98. The van der Waals surface area contributed by atoms with Gasteiger partial charge in [-0.3, -0.25) is 0 Å². The van der Waals surface area contributed by atoms with Crippen LogP contribution in [0.4, 0.5) is 0 Å². The molecule has 2 heteroatoms. The average molecular weight is 322 g/mol. The molecule has 0 aliphatic carbocycles. The molecule has 0 fully saturated rings. The van der Waals surface area contributed by atoms with Gasteiger partial charge in [0.2, 0.25) is 0 Å². The molecule has 0 spiro atoms. The molecule has 4 aromatic carbocycles. The van der Waals surface area contributed by atoms with Gasteiger partial charge in [0.25, 0.3) is 0 Å². The van der Waals surface area contributed by atoms with Gasteiger partial charge >= 0.3 is 5.63 Å². The highest BCUT2D eigenvalue weighted by atomic mass is 16.4. The normalized spacial score (nSPS) is 11.4. The monoisotopic (exact) mass is 322 g/mol. The highest BCUT2D eigenvalue weighted by Crippen LogP contribution is 2.32. The van der Waals surface area contributed by atoms with Crippen molar-refractivity contribution in [3.8, 4) is 11.1 Å². The Morgan fingerprint density at radius 1 is 0.600 bits per heavy atom. The van der Waals surface area contributed by atoms with E-state index >= 15 is 0 Å². The van der Waals surface area contributed by atoms with Gasteiger partial charge < -0.3 is 4.42 Å². The fourth-order valence-electron chi connectivity index (χ4n) is 3.52. The molecule has 0 atom stereocenters. The van der Waals surface area contributed by atoms with E-state index in [4.69, 9.17) is 4.42 Å². The molecule has 0 unspecified atom stereocenters. The molecule has 0 amide bonds. The molecule has 0 aliphatic heterocycles. The molecule has 1 aromatic heterocycles. The van der Waals surface area contributed by atoms with Crippen LogP contribution in [0.5, 0.6) is 0 Å². The quantitative estimate of drug-likeness (QED) is 0.290. The van der Waals surface area contributed by atoms with Gasteiger partial charge in [0.05, 0.1) is 5.39 Å². The lowest BCUT2D eigenvalue weighted by Crippen LogP contribution is -1.99. The van der Waals surface area contributed by atoms with Crippen LogP contribution in [-0.2, 0) is 0 Å². The van der Waals surface area contributed by atoms with Gasteiger partial charge in [-0.05, 0) is 40.1 Å². The van der Waals surface area contributed by atoms with E-state index in [0.717, 1.165) is 21.9 Å². The van der Waals surface area contributed by atoms with Crippen LogP contribution in [0.3, 0.4) is 0 Å². The van der Waals surface area contributed by atoms with Crippen LogP contribution >= 0.6 is 0 Å². The van der Waals surface area contributed by atoms with Crippen molar-refractivity contribution in [1.29, 1.82) is 0 Å². The molecule has 1 heterocycles. The van der Waals surface area contributed by atoms with Crippen LogP contribution in [0, 0.1) is 0 Å². The second kappa shape index (κ2) is 5.32. The van der Waals surface area contributed by atoms with Crippen molar-refractivity contribution in [3.05, 3.63) is 95.3 Å². The third-order valence-corrected chi connectivity index (χ3v) is 4.72. The van der Waals surface area contributed by atoms with Crippen LogP contribution in [0.1, 0.15) is 0 Å². The van der Waals surface area contributed by atoms with Crippen molar-refractivity contribution < 1.29 is 4.42 Å². The Morgan fingerprint density at radius 2 is 1.36 bits per heavy atom. The summed E-state index contributed by atoms with van der Waals surface area (Å²) in [5, 5.41) is 4.91. The second-order valence-corrected chi connectivity index (χ2v) is 6.17. The minimum Gasteiger partial charge on any atom is -0.422 e. The molecule has 0 bridgehead atoms. The van der Waals surface area contributed by atoms with E-state index in [-0.39, 0.29) is 5.63 Å². The first-order valence-corrected chi connectivity index (χ1v) is 8.25. The first kappa shape index (κ1) is 14.0. The summed E-state index contributed by atoms with van der Waals surface area (Å²) in [6.07, 6.45) is 0. The molecule has 0 aliphatic rings. The first-order chi connectivity index (χ1) is 12.3. The smallest absolute Gasteiger partial charge is 0.344 e. The molecule has 0 saturated heterocycles. The maximum Gasteiger partial charge on any atom is 0.344 e. The van der Waals surface area contributed by atoms with Gasteiger partial charge in [-0.1, -0.05) is 66.7 Å². The zero-order chi connectivity index (χ0) is 16.8. The number of hydrogen-bond acceptors (Lipinski definition) is 2. The molecule has 5 aromatic rings. The molecular weight excluding hydrogens is 308 g/mol. The van der Waals surface area contributed by atoms with E-state index in [1.54, 1.807) is 0 Å². The van der Waals surface area contributed by atoms with Crippen molar-refractivity contribution in [2.45, 2.75) is 0 Å². The summed E-state index contributed by atoms with van der Waals surface area (Å²) in [5.74, 6) is 0. The molecule has 5 rings (SSSR count). The van der Waals surface area contributed by atoms with Gasteiger partial charge in [0, 0.05) is 10.8 Å². The Labute approximate surface area is 143 Å². The first-order valence-electron chi connectivity index (χ1n) is 8.25. The third kappa shape index (κ3) is 2.15. The lowest BCUT2D eigenvalue weighted by atomic mass is 9.96. The molecule has 0 radical (unpaired) electrons. The molecule has 118 valence electrons. The number of rotatable bonds is 1. The molecule has 0 saturated carbocycles. The Hall–Kier alpha value is -3.39. The predicted octanol–water partition coefficient (Wildman–Crippen LogP) is 5.77. The maximum atomic E-state index is 12.3. The fraction of sp³-hybridized carbons (Fsp3) is 0. The minimum atomic E-state index is -0.293. The van der Waals surface area contributed by atoms with Gasteiger partial charge in [-0.15, -0.1) is 0 Å². The Balaban J connectivity index is 1.89. The topological polar surface area (TPSA) is 30.2 Å². The van der Waals surface area contributed by atoms with E-state index in [2.05, 4.69) is 42.5 Å². The average Bonchev–Trinajstić information content (AvgIpc) is 2.67. The Bertz CT molecular complexity index is 1310. The Morgan fingerprint density at radius 3 is 2.28 bits per heavy atom. The van der Waals surface area contributed by atoms with Crippen LogP contribution in [0.25, 0.3) is 43.6 Å². The maximum absolute atomic E-state index is 12.3. The van der Waals surface area contributed by atoms with Crippen molar-refractivity contribution in [3.63, 3.8) is 0 Å². The molecule has 25 heavy (non-hydrogen) atoms. The second-order valence-electron chi connectivity index (χ2n) is 6.17. The van der Waals surface area contributed by atoms with E-state index in [9.17, 15) is 4.79 Å². The molecule has 2 nitrogen and oxygen atoms in total. The van der Waals surface area contributed by atoms with Crippen LogP contribution in [0.2, 0.25) is 0 Å².